The molecule has 1 aliphatic rings. The van der Waals surface area contributed by atoms with Gasteiger partial charge in [-0.1, -0.05) is 27.2 Å². The summed E-state index contributed by atoms with van der Waals surface area (Å²) in [7, 11) is 0. The minimum Gasteiger partial charge on any atom is -0.277 e. The molecule has 0 aromatic rings. The monoisotopic (exact) mass is 226 g/mol. The van der Waals surface area contributed by atoms with Gasteiger partial charge in [0.2, 0.25) is 11.8 Å². The Labute approximate surface area is 95.0 Å². The molecule has 1 fully saturated rings. The molecule has 1 saturated heterocycles. The minimum atomic E-state index is -0.731. The Hall–Kier alpha value is -1.39. The zero-order valence-electron chi connectivity index (χ0n) is 9.87. The quantitative estimate of drug-likeness (QED) is 0.703. The van der Waals surface area contributed by atoms with Gasteiger partial charge in [-0.25, -0.2) is 4.79 Å². The van der Waals surface area contributed by atoms with Gasteiger partial charge >= 0.3 is 6.03 Å². The van der Waals surface area contributed by atoms with Gasteiger partial charge in [0, 0.05) is 0 Å². The summed E-state index contributed by atoms with van der Waals surface area (Å²) >= 11 is 0. The number of urea groups is 1. The van der Waals surface area contributed by atoms with E-state index in [9.17, 15) is 14.4 Å². The molecule has 0 aliphatic carbocycles. The van der Waals surface area contributed by atoms with E-state index >= 15 is 0 Å². The minimum absolute atomic E-state index is 0.00639. The summed E-state index contributed by atoms with van der Waals surface area (Å²) in [5, 5.41) is 4.28. The molecule has 1 heterocycles. The highest BCUT2D eigenvalue weighted by Crippen LogP contribution is 2.25. The highest BCUT2D eigenvalue weighted by Gasteiger charge is 2.39. The third-order valence-electron chi connectivity index (χ3n) is 2.81. The van der Waals surface area contributed by atoms with E-state index in [0.29, 0.717) is 5.92 Å². The van der Waals surface area contributed by atoms with Crippen molar-refractivity contribution in [3.05, 3.63) is 0 Å². The fraction of sp³-hybridized carbons (Fsp3) is 0.727. The summed E-state index contributed by atoms with van der Waals surface area (Å²) in [5.74, 6) is -1.26. The standard InChI is InChI=1S/C11H18N2O3/c1-4-7(5-6(2)3)8-9(14)12-11(16)13-10(8)15/h6-8H,4-5H2,1-3H3,(H2,12,13,14,15,16). The number of amides is 4. The maximum absolute atomic E-state index is 11.6. The summed E-state index contributed by atoms with van der Waals surface area (Å²) in [6.45, 7) is 6.04. The predicted molar refractivity (Wildman–Crippen MR) is 58.4 cm³/mol. The van der Waals surface area contributed by atoms with Gasteiger partial charge in [0.1, 0.15) is 5.92 Å². The smallest absolute Gasteiger partial charge is 0.277 e. The van der Waals surface area contributed by atoms with Gasteiger partial charge in [0.05, 0.1) is 0 Å². The molecule has 90 valence electrons. The van der Waals surface area contributed by atoms with Crippen LogP contribution in [0.1, 0.15) is 33.6 Å². The van der Waals surface area contributed by atoms with E-state index in [2.05, 4.69) is 10.6 Å². The van der Waals surface area contributed by atoms with Gasteiger partial charge < -0.3 is 0 Å². The molecule has 1 rings (SSSR count). The molecule has 5 nitrogen and oxygen atoms in total. The molecule has 1 aliphatic heterocycles. The maximum Gasteiger partial charge on any atom is 0.328 e. The van der Waals surface area contributed by atoms with Crippen LogP contribution in [0.15, 0.2) is 0 Å². The second-order valence-corrected chi connectivity index (χ2v) is 4.58. The Morgan fingerprint density at radius 2 is 1.62 bits per heavy atom. The molecular formula is C11H18N2O3. The van der Waals surface area contributed by atoms with Crippen molar-refractivity contribution in [2.45, 2.75) is 33.6 Å². The van der Waals surface area contributed by atoms with Crippen LogP contribution in [-0.4, -0.2) is 17.8 Å². The first kappa shape index (κ1) is 12.7. The summed E-state index contributed by atoms with van der Waals surface area (Å²) < 4.78 is 0. The molecular weight excluding hydrogens is 208 g/mol. The summed E-state index contributed by atoms with van der Waals surface area (Å²) in [4.78, 5) is 34.1. The van der Waals surface area contributed by atoms with Crippen molar-refractivity contribution in [2.75, 3.05) is 0 Å². The molecule has 0 spiro atoms. The molecule has 16 heavy (non-hydrogen) atoms. The van der Waals surface area contributed by atoms with Gasteiger partial charge in [-0.05, 0) is 18.3 Å². The van der Waals surface area contributed by atoms with Crippen LogP contribution in [0.3, 0.4) is 0 Å². The van der Waals surface area contributed by atoms with E-state index in [4.69, 9.17) is 0 Å². The topological polar surface area (TPSA) is 75.3 Å². The molecule has 0 aromatic heterocycles. The van der Waals surface area contributed by atoms with Gasteiger partial charge in [-0.3, -0.25) is 20.2 Å². The van der Waals surface area contributed by atoms with Gasteiger partial charge in [0.15, 0.2) is 0 Å². The zero-order chi connectivity index (χ0) is 12.3. The molecule has 2 N–H and O–H groups in total. The van der Waals surface area contributed by atoms with Gasteiger partial charge in [0.25, 0.3) is 0 Å². The average molecular weight is 226 g/mol. The lowest BCUT2D eigenvalue weighted by atomic mass is 9.82. The fourth-order valence-corrected chi connectivity index (χ4v) is 2.10. The van der Waals surface area contributed by atoms with E-state index in [1.54, 1.807) is 0 Å². The summed E-state index contributed by atoms with van der Waals surface area (Å²) in [6.07, 6.45) is 1.55. The Morgan fingerprint density at radius 1 is 1.12 bits per heavy atom. The number of hydrogen-bond acceptors (Lipinski definition) is 3. The lowest BCUT2D eigenvalue weighted by Gasteiger charge is -2.28. The molecule has 5 heteroatoms. The van der Waals surface area contributed by atoms with Crippen molar-refractivity contribution in [3.8, 4) is 0 Å². The molecule has 1 unspecified atom stereocenters. The van der Waals surface area contributed by atoms with E-state index in [0.717, 1.165) is 12.8 Å². The van der Waals surface area contributed by atoms with E-state index in [1.807, 2.05) is 20.8 Å². The van der Waals surface area contributed by atoms with Crippen molar-refractivity contribution in [3.63, 3.8) is 0 Å². The highest BCUT2D eigenvalue weighted by molar-refractivity contribution is 6.16. The third kappa shape index (κ3) is 2.81. The summed E-state index contributed by atoms with van der Waals surface area (Å²) in [6, 6.07) is -0.717. The SMILES string of the molecule is CCC(CC(C)C)C1C(=O)NC(=O)NC1=O. The average Bonchev–Trinajstić information content (AvgIpc) is 2.13. The van der Waals surface area contributed by atoms with E-state index in [1.165, 1.54) is 0 Å². The van der Waals surface area contributed by atoms with Crippen molar-refractivity contribution in [2.24, 2.45) is 17.8 Å². The highest BCUT2D eigenvalue weighted by atomic mass is 16.2. The number of carbonyl (C=O) groups excluding carboxylic acids is 3. The lowest BCUT2D eigenvalue weighted by molar-refractivity contribution is -0.138. The van der Waals surface area contributed by atoms with Crippen LogP contribution in [0.5, 0.6) is 0 Å². The number of carbonyl (C=O) groups is 3. The number of nitrogens with one attached hydrogen (secondary N) is 2. The number of barbiturate groups is 1. The first-order valence-electron chi connectivity index (χ1n) is 5.61. The summed E-state index contributed by atoms with van der Waals surface area (Å²) in [5.41, 5.74) is 0. The number of rotatable bonds is 4. The molecule has 0 bridgehead atoms. The predicted octanol–water partition coefficient (Wildman–Crippen LogP) is 1.04. The number of imide groups is 2. The third-order valence-corrected chi connectivity index (χ3v) is 2.81. The van der Waals surface area contributed by atoms with Crippen molar-refractivity contribution < 1.29 is 14.4 Å². The Kier molecular flexibility index (Phi) is 4.04. The van der Waals surface area contributed by atoms with Crippen molar-refractivity contribution >= 4 is 17.8 Å². The van der Waals surface area contributed by atoms with Crippen LogP contribution in [0.4, 0.5) is 4.79 Å². The normalized spacial score (nSPS) is 19.6. The van der Waals surface area contributed by atoms with Crippen molar-refractivity contribution in [1.82, 2.24) is 10.6 Å². The second kappa shape index (κ2) is 5.09. The van der Waals surface area contributed by atoms with Gasteiger partial charge in [-0.15, -0.1) is 0 Å². The second-order valence-electron chi connectivity index (χ2n) is 4.58. The van der Waals surface area contributed by atoms with Gasteiger partial charge in [-0.2, -0.15) is 0 Å². The largest absolute Gasteiger partial charge is 0.328 e. The van der Waals surface area contributed by atoms with Crippen molar-refractivity contribution in [1.29, 1.82) is 0 Å². The van der Waals surface area contributed by atoms with Crippen LogP contribution >= 0.6 is 0 Å². The Bertz CT molecular complexity index is 292. The first-order valence-corrected chi connectivity index (χ1v) is 5.61. The van der Waals surface area contributed by atoms with Crippen LogP contribution in [0.25, 0.3) is 0 Å². The van der Waals surface area contributed by atoms with E-state index < -0.39 is 23.8 Å². The van der Waals surface area contributed by atoms with Crippen LogP contribution < -0.4 is 10.6 Å². The maximum atomic E-state index is 11.6. The molecule has 0 aromatic carbocycles. The zero-order valence-corrected chi connectivity index (χ0v) is 9.87. The molecule has 4 amide bonds. The van der Waals surface area contributed by atoms with Crippen LogP contribution in [0.2, 0.25) is 0 Å². The first-order chi connectivity index (χ1) is 7.45. The molecule has 1 atom stereocenters. The number of hydrogen-bond donors (Lipinski definition) is 2. The molecule has 0 saturated carbocycles. The van der Waals surface area contributed by atoms with Crippen LogP contribution in [-0.2, 0) is 9.59 Å². The lowest BCUT2D eigenvalue weighted by Crippen LogP contribution is -2.57. The van der Waals surface area contributed by atoms with Crippen LogP contribution in [0, 0.1) is 17.8 Å². The fourth-order valence-electron chi connectivity index (χ4n) is 2.10. The molecule has 0 radical (unpaired) electrons. The Balaban J connectivity index is 2.79. The van der Waals surface area contributed by atoms with E-state index in [-0.39, 0.29) is 5.92 Å². The Morgan fingerprint density at radius 3 is 2.00 bits per heavy atom.